The molecular weight excluding hydrogens is 314 g/mol. The third-order valence-corrected chi connectivity index (χ3v) is 5.39. The van der Waals surface area contributed by atoms with Crippen LogP contribution >= 0.6 is 0 Å². The molecule has 0 saturated heterocycles. The molecule has 1 aromatic carbocycles. The summed E-state index contributed by atoms with van der Waals surface area (Å²) in [6.07, 6.45) is 1.88. The maximum Gasteiger partial charge on any atom is 0.251 e. The van der Waals surface area contributed by atoms with Gasteiger partial charge >= 0.3 is 0 Å². The van der Waals surface area contributed by atoms with Crippen molar-refractivity contribution >= 4 is 21.6 Å². The van der Waals surface area contributed by atoms with Crippen molar-refractivity contribution in [3.8, 4) is 0 Å². The van der Waals surface area contributed by atoms with Gasteiger partial charge in [0.1, 0.15) is 0 Å². The minimum atomic E-state index is -3.30. The van der Waals surface area contributed by atoms with Gasteiger partial charge in [-0.3, -0.25) is 9.10 Å². The minimum Gasteiger partial charge on any atom is -0.351 e. The van der Waals surface area contributed by atoms with E-state index in [2.05, 4.69) is 24.1 Å². The Bertz CT molecular complexity index is 669. The number of benzene rings is 1. The molecule has 1 N–H and O–H groups in total. The largest absolute Gasteiger partial charge is 0.351 e. The van der Waals surface area contributed by atoms with Crippen LogP contribution in [0, 0.1) is 0 Å². The van der Waals surface area contributed by atoms with Crippen LogP contribution in [-0.4, -0.2) is 58.2 Å². The summed E-state index contributed by atoms with van der Waals surface area (Å²) in [5, 5.41) is 2.89. The molecule has 0 spiro atoms. The maximum atomic E-state index is 12.3. The highest BCUT2D eigenvalue weighted by molar-refractivity contribution is 7.92. The predicted molar refractivity (Wildman–Crippen MR) is 92.5 cm³/mol. The topological polar surface area (TPSA) is 69.7 Å². The van der Waals surface area contributed by atoms with Gasteiger partial charge in [-0.2, -0.15) is 0 Å². The zero-order valence-corrected chi connectivity index (χ0v) is 14.8. The number of hydrogen-bond donors (Lipinski definition) is 1. The van der Waals surface area contributed by atoms with Crippen molar-refractivity contribution in [2.45, 2.75) is 20.3 Å². The number of rotatable bonds is 7. The molecule has 2 rings (SSSR count). The number of hydrogen-bond acceptors (Lipinski definition) is 4. The SMILES string of the molecule is CCN(CC)CCNC(=O)c1ccc2c(c1)N(S(C)(=O)=O)CC2. The molecule has 1 heterocycles. The first-order valence-electron chi connectivity index (χ1n) is 7.98. The molecule has 7 heteroatoms. The zero-order valence-electron chi connectivity index (χ0n) is 14.0. The summed E-state index contributed by atoms with van der Waals surface area (Å²) in [7, 11) is -3.30. The molecule has 128 valence electrons. The Labute approximate surface area is 138 Å². The van der Waals surface area contributed by atoms with Gasteiger partial charge in [-0.05, 0) is 37.2 Å². The Morgan fingerprint density at radius 3 is 2.61 bits per heavy atom. The molecule has 0 atom stereocenters. The van der Waals surface area contributed by atoms with Gasteiger partial charge in [0.05, 0.1) is 11.9 Å². The van der Waals surface area contributed by atoms with Crippen molar-refractivity contribution < 1.29 is 13.2 Å². The van der Waals surface area contributed by atoms with E-state index in [1.807, 2.05) is 6.07 Å². The number of carbonyl (C=O) groups excluding carboxylic acids is 1. The normalized spacial score (nSPS) is 14.2. The van der Waals surface area contributed by atoms with Crippen LogP contribution in [0.5, 0.6) is 0 Å². The van der Waals surface area contributed by atoms with Gasteiger partial charge in [-0.15, -0.1) is 0 Å². The summed E-state index contributed by atoms with van der Waals surface area (Å²) in [5.41, 5.74) is 2.10. The molecular formula is C16H25N3O3S. The zero-order chi connectivity index (χ0) is 17.0. The van der Waals surface area contributed by atoms with Gasteiger partial charge in [0, 0.05) is 25.2 Å². The first kappa shape index (κ1) is 17.7. The van der Waals surface area contributed by atoms with Gasteiger partial charge in [0.2, 0.25) is 10.0 Å². The van der Waals surface area contributed by atoms with Gasteiger partial charge in [-0.1, -0.05) is 19.9 Å². The number of carbonyl (C=O) groups is 1. The van der Waals surface area contributed by atoms with Crippen molar-refractivity contribution in [2.24, 2.45) is 0 Å². The molecule has 1 aliphatic heterocycles. The lowest BCUT2D eigenvalue weighted by Gasteiger charge is -2.19. The van der Waals surface area contributed by atoms with E-state index < -0.39 is 10.0 Å². The smallest absolute Gasteiger partial charge is 0.251 e. The lowest BCUT2D eigenvalue weighted by Crippen LogP contribution is -2.34. The number of anilines is 1. The van der Waals surface area contributed by atoms with E-state index in [1.54, 1.807) is 12.1 Å². The highest BCUT2D eigenvalue weighted by Crippen LogP contribution is 2.30. The van der Waals surface area contributed by atoms with E-state index >= 15 is 0 Å². The van der Waals surface area contributed by atoms with E-state index in [9.17, 15) is 13.2 Å². The molecule has 0 unspecified atom stereocenters. The quantitative estimate of drug-likeness (QED) is 0.807. The summed E-state index contributed by atoms with van der Waals surface area (Å²) in [4.78, 5) is 14.5. The highest BCUT2D eigenvalue weighted by atomic mass is 32.2. The monoisotopic (exact) mass is 339 g/mol. The minimum absolute atomic E-state index is 0.166. The fourth-order valence-electron chi connectivity index (χ4n) is 2.81. The van der Waals surface area contributed by atoms with Gasteiger partial charge in [0.15, 0.2) is 0 Å². The number of fused-ring (bicyclic) bond motifs is 1. The van der Waals surface area contributed by atoms with Crippen LogP contribution in [0.3, 0.4) is 0 Å². The van der Waals surface area contributed by atoms with Crippen LogP contribution < -0.4 is 9.62 Å². The van der Waals surface area contributed by atoms with E-state index in [0.717, 1.165) is 25.2 Å². The Hall–Kier alpha value is -1.60. The van der Waals surface area contributed by atoms with Crippen LogP contribution in [0.1, 0.15) is 29.8 Å². The van der Waals surface area contributed by atoms with E-state index in [-0.39, 0.29) is 5.91 Å². The van der Waals surface area contributed by atoms with Crippen molar-refractivity contribution in [1.82, 2.24) is 10.2 Å². The van der Waals surface area contributed by atoms with Crippen LogP contribution in [-0.2, 0) is 16.4 Å². The first-order valence-corrected chi connectivity index (χ1v) is 9.82. The molecule has 0 aromatic heterocycles. The molecule has 23 heavy (non-hydrogen) atoms. The maximum absolute atomic E-state index is 12.3. The Morgan fingerprint density at radius 1 is 1.30 bits per heavy atom. The molecule has 0 bridgehead atoms. The Balaban J connectivity index is 2.06. The summed E-state index contributed by atoms with van der Waals surface area (Å²) >= 11 is 0. The third kappa shape index (κ3) is 4.23. The summed E-state index contributed by atoms with van der Waals surface area (Å²) < 4.78 is 25.0. The molecule has 1 aliphatic rings. The van der Waals surface area contributed by atoms with E-state index in [0.29, 0.717) is 30.8 Å². The fourth-order valence-corrected chi connectivity index (χ4v) is 3.76. The second-order valence-corrected chi connectivity index (χ2v) is 7.62. The van der Waals surface area contributed by atoms with Crippen molar-refractivity contribution in [1.29, 1.82) is 0 Å². The van der Waals surface area contributed by atoms with Crippen LogP contribution in [0.25, 0.3) is 0 Å². The number of nitrogens with zero attached hydrogens (tertiary/aromatic N) is 2. The Kier molecular flexibility index (Phi) is 5.64. The van der Waals surface area contributed by atoms with Crippen LogP contribution in [0.2, 0.25) is 0 Å². The first-order chi connectivity index (χ1) is 10.9. The second kappa shape index (κ2) is 7.31. The number of likely N-dealkylation sites (N-methyl/N-ethyl adjacent to an activating group) is 1. The summed E-state index contributed by atoms with van der Waals surface area (Å²) in [6.45, 7) is 7.91. The standard InChI is InChI=1S/C16H25N3O3S/c1-4-18(5-2)11-9-17-16(20)14-7-6-13-8-10-19(15(13)12-14)23(3,21)22/h6-7,12H,4-5,8-11H2,1-3H3,(H,17,20). The molecule has 0 saturated carbocycles. The van der Waals surface area contributed by atoms with Crippen molar-refractivity contribution in [2.75, 3.05) is 43.3 Å². The van der Waals surface area contributed by atoms with E-state index in [4.69, 9.17) is 0 Å². The van der Waals surface area contributed by atoms with Crippen LogP contribution in [0.15, 0.2) is 18.2 Å². The van der Waals surface area contributed by atoms with Gasteiger partial charge in [0.25, 0.3) is 5.91 Å². The predicted octanol–water partition coefficient (Wildman–Crippen LogP) is 1.08. The van der Waals surface area contributed by atoms with E-state index in [1.165, 1.54) is 10.6 Å². The molecule has 0 radical (unpaired) electrons. The summed E-state index contributed by atoms with van der Waals surface area (Å²) in [6, 6.07) is 5.29. The van der Waals surface area contributed by atoms with Gasteiger partial charge in [-0.25, -0.2) is 8.42 Å². The molecule has 0 aliphatic carbocycles. The second-order valence-electron chi connectivity index (χ2n) is 5.71. The molecule has 1 amide bonds. The highest BCUT2D eigenvalue weighted by Gasteiger charge is 2.26. The number of amides is 1. The lowest BCUT2D eigenvalue weighted by atomic mass is 10.1. The number of sulfonamides is 1. The third-order valence-electron chi connectivity index (χ3n) is 4.21. The fraction of sp³-hybridized carbons (Fsp3) is 0.562. The molecule has 0 fully saturated rings. The molecule has 6 nitrogen and oxygen atoms in total. The summed E-state index contributed by atoms with van der Waals surface area (Å²) in [5.74, 6) is -0.166. The lowest BCUT2D eigenvalue weighted by molar-refractivity contribution is 0.0949. The average Bonchev–Trinajstić information content (AvgIpc) is 2.94. The van der Waals surface area contributed by atoms with Crippen molar-refractivity contribution in [3.63, 3.8) is 0 Å². The number of nitrogens with one attached hydrogen (secondary N) is 1. The average molecular weight is 339 g/mol. The Morgan fingerprint density at radius 2 is 2.00 bits per heavy atom. The molecule has 1 aromatic rings. The van der Waals surface area contributed by atoms with Gasteiger partial charge < -0.3 is 10.2 Å². The van der Waals surface area contributed by atoms with Crippen LogP contribution in [0.4, 0.5) is 5.69 Å². The van der Waals surface area contributed by atoms with Crippen molar-refractivity contribution in [3.05, 3.63) is 29.3 Å².